The SMILES string of the molecule is CC(O)(CN=[N+]=[N-])c1ncc(S(N)(=O)=NC(=O)Nc2c3c(cc4c2CCC4)CCC3)s1. The fourth-order valence-corrected chi connectivity index (χ4v) is 6.24. The van der Waals surface area contributed by atoms with Crippen molar-refractivity contribution < 1.29 is 14.1 Å². The molecule has 2 atom stereocenters. The number of carbonyl (C=O) groups is 1. The summed E-state index contributed by atoms with van der Waals surface area (Å²) in [4.78, 5) is 19.3. The van der Waals surface area contributed by atoms with Crippen LogP contribution in [-0.4, -0.2) is 26.9 Å². The zero-order valence-electron chi connectivity index (χ0n) is 17.0. The molecule has 2 unspecified atom stereocenters. The first-order valence-electron chi connectivity index (χ1n) is 9.93. The second-order valence-electron chi connectivity index (χ2n) is 7.97. The van der Waals surface area contributed by atoms with Gasteiger partial charge in [-0.15, -0.1) is 15.7 Å². The summed E-state index contributed by atoms with van der Waals surface area (Å²) in [6.45, 7) is 1.17. The molecule has 12 heteroatoms. The van der Waals surface area contributed by atoms with E-state index in [1.54, 1.807) is 0 Å². The molecular weight excluding hydrogens is 438 g/mol. The van der Waals surface area contributed by atoms with Gasteiger partial charge in [0.1, 0.15) is 14.8 Å². The van der Waals surface area contributed by atoms with Crippen molar-refractivity contribution in [2.45, 2.75) is 55.3 Å². The Morgan fingerprint density at radius 2 is 2.00 bits per heavy atom. The Labute approximate surface area is 183 Å². The average Bonchev–Trinajstić information content (AvgIpc) is 3.45. The minimum Gasteiger partial charge on any atom is -0.383 e. The molecule has 10 nitrogen and oxygen atoms in total. The van der Waals surface area contributed by atoms with Crippen LogP contribution in [-0.2, 0) is 41.2 Å². The number of aryl methyl sites for hydroxylation is 2. The smallest absolute Gasteiger partial charge is 0.354 e. The van der Waals surface area contributed by atoms with Crippen LogP contribution in [0, 0.1) is 0 Å². The van der Waals surface area contributed by atoms with Gasteiger partial charge in [-0.3, -0.25) is 0 Å². The molecule has 0 aliphatic heterocycles. The maximum absolute atomic E-state index is 13.0. The molecule has 2 aromatic rings. The summed E-state index contributed by atoms with van der Waals surface area (Å²) >= 11 is 0.867. The molecule has 0 spiro atoms. The van der Waals surface area contributed by atoms with Crippen molar-refractivity contribution in [1.82, 2.24) is 4.98 Å². The molecule has 4 N–H and O–H groups in total. The number of nitrogens with zero attached hydrogens (tertiary/aromatic N) is 5. The first-order valence-corrected chi connectivity index (χ1v) is 12.3. The van der Waals surface area contributed by atoms with Gasteiger partial charge in [0.2, 0.25) is 0 Å². The Hall–Kier alpha value is -2.50. The van der Waals surface area contributed by atoms with E-state index in [2.05, 4.69) is 30.8 Å². The predicted octanol–water partition coefficient (Wildman–Crippen LogP) is 3.57. The number of azide groups is 1. The minimum absolute atomic E-state index is 0.0578. The van der Waals surface area contributed by atoms with Crippen molar-refractivity contribution in [2.24, 2.45) is 14.6 Å². The van der Waals surface area contributed by atoms with Gasteiger partial charge >= 0.3 is 6.03 Å². The molecule has 0 radical (unpaired) electrons. The van der Waals surface area contributed by atoms with Gasteiger partial charge in [-0.1, -0.05) is 11.2 Å². The molecule has 1 aromatic heterocycles. The molecule has 1 heterocycles. The van der Waals surface area contributed by atoms with Gasteiger partial charge in [0.25, 0.3) is 0 Å². The molecule has 164 valence electrons. The molecule has 4 rings (SSSR count). The normalized spacial score (nSPS) is 18.3. The number of carbonyl (C=O) groups excluding carboxylic acids is 1. The van der Waals surface area contributed by atoms with E-state index in [9.17, 15) is 14.1 Å². The Balaban J connectivity index is 1.61. The van der Waals surface area contributed by atoms with Crippen LogP contribution < -0.4 is 10.5 Å². The first kappa shape index (κ1) is 21.7. The number of hydrogen-bond donors (Lipinski definition) is 3. The number of fused-ring (bicyclic) bond motifs is 2. The Morgan fingerprint density at radius 1 is 1.35 bits per heavy atom. The molecule has 2 aliphatic carbocycles. The van der Waals surface area contributed by atoms with Crippen LogP contribution in [0.4, 0.5) is 10.5 Å². The number of hydrogen-bond acceptors (Lipinski definition) is 6. The second kappa shape index (κ2) is 8.21. The lowest BCUT2D eigenvalue weighted by molar-refractivity contribution is 0.0666. The second-order valence-corrected chi connectivity index (χ2v) is 11.0. The van der Waals surface area contributed by atoms with Gasteiger partial charge in [-0.25, -0.2) is 19.1 Å². The largest absolute Gasteiger partial charge is 0.383 e. The highest BCUT2D eigenvalue weighted by Crippen LogP contribution is 2.38. The zero-order valence-corrected chi connectivity index (χ0v) is 18.6. The van der Waals surface area contributed by atoms with E-state index in [1.807, 2.05) is 0 Å². The molecule has 2 amide bonds. The number of anilines is 1. The van der Waals surface area contributed by atoms with Crippen LogP contribution in [0.1, 0.15) is 47.0 Å². The summed E-state index contributed by atoms with van der Waals surface area (Å²) < 4.78 is 16.8. The number of nitrogens with two attached hydrogens (primary N) is 1. The topological polar surface area (TPSA) is 166 Å². The molecule has 1 aromatic carbocycles. The van der Waals surface area contributed by atoms with Crippen LogP contribution >= 0.6 is 11.3 Å². The zero-order chi connectivity index (χ0) is 22.2. The fourth-order valence-electron chi connectivity index (χ4n) is 4.15. The van der Waals surface area contributed by atoms with Crippen LogP contribution in [0.5, 0.6) is 0 Å². The van der Waals surface area contributed by atoms with E-state index >= 15 is 0 Å². The van der Waals surface area contributed by atoms with Gasteiger partial charge in [-0.2, -0.15) is 0 Å². The first-order chi connectivity index (χ1) is 14.7. The lowest BCUT2D eigenvalue weighted by Gasteiger charge is -2.17. The maximum atomic E-state index is 13.0. The number of nitrogens with one attached hydrogen (secondary N) is 1. The van der Waals surface area contributed by atoms with E-state index in [4.69, 9.17) is 10.7 Å². The number of benzene rings is 1. The molecule has 0 saturated carbocycles. The quantitative estimate of drug-likeness (QED) is 0.352. The number of urea groups is 1. The highest BCUT2D eigenvalue weighted by Gasteiger charge is 2.29. The summed E-state index contributed by atoms with van der Waals surface area (Å²) in [6.07, 6.45) is 7.10. The van der Waals surface area contributed by atoms with Gasteiger partial charge in [0.15, 0.2) is 9.92 Å². The minimum atomic E-state index is -3.56. The van der Waals surface area contributed by atoms with Crippen LogP contribution in [0.3, 0.4) is 0 Å². The standard InChI is InChI=1S/C19H23N7O3S2/c1-19(28,10-23-26-20)17-22-9-15(30-17)31(21,29)25-18(27)24-16-13-6-2-4-11(13)8-12-5-3-7-14(12)16/h8-9,28H,2-7,10H2,1H3,(H3,21,24,25,27,29). The lowest BCUT2D eigenvalue weighted by atomic mass is 9.99. The molecule has 0 bridgehead atoms. The van der Waals surface area contributed by atoms with Crippen LogP contribution in [0.15, 0.2) is 25.9 Å². The third-order valence-electron chi connectivity index (χ3n) is 5.60. The van der Waals surface area contributed by atoms with Crippen molar-refractivity contribution in [3.63, 3.8) is 0 Å². The Bertz CT molecular complexity index is 1190. The monoisotopic (exact) mass is 461 g/mol. The van der Waals surface area contributed by atoms with E-state index in [1.165, 1.54) is 24.2 Å². The van der Waals surface area contributed by atoms with Gasteiger partial charge < -0.3 is 10.4 Å². The number of aliphatic hydroxyl groups is 1. The van der Waals surface area contributed by atoms with Gasteiger partial charge in [0.05, 0.1) is 12.7 Å². The third kappa shape index (κ3) is 4.30. The van der Waals surface area contributed by atoms with Crippen molar-refractivity contribution in [3.8, 4) is 0 Å². The van der Waals surface area contributed by atoms with Crippen molar-refractivity contribution in [3.05, 3.63) is 50.0 Å². The number of thiazole rings is 1. The number of aromatic nitrogens is 1. The van der Waals surface area contributed by atoms with E-state index in [0.29, 0.717) is 0 Å². The molecule has 0 saturated heterocycles. The van der Waals surface area contributed by atoms with E-state index < -0.39 is 21.5 Å². The molecular formula is C19H23N7O3S2. The predicted molar refractivity (Wildman–Crippen MR) is 118 cm³/mol. The van der Waals surface area contributed by atoms with Crippen molar-refractivity contribution in [1.29, 1.82) is 0 Å². The van der Waals surface area contributed by atoms with Crippen molar-refractivity contribution in [2.75, 3.05) is 11.9 Å². The highest BCUT2D eigenvalue weighted by atomic mass is 32.2. The third-order valence-corrected chi connectivity index (χ3v) is 8.73. The number of amides is 2. The molecule has 2 aliphatic rings. The maximum Gasteiger partial charge on any atom is 0.354 e. The summed E-state index contributed by atoms with van der Waals surface area (Å²) in [7, 11) is -3.56. The summed E-state index contributed by atoms with van der Waals surface area (Å²) in [5, 5.41) is 22.6. The summed E-state index contributed by atoms with van der Waals surface area (Å²) in [5.74, 6) is 0. The summed E-state index contributed by atoms with van der Waals surface area (Å²) in [5.41, 5.74) is 12.5. The lowest BCUT2D eigenvalue weighted by Crippen LogP contribution is -2.24. The van der Waals surface area contributed by atoms with E-state index in [0.717, 1.165) is 66.7 Å². The molecule has 0 fully saturated rings. The van der Waals surface area contributed by atoms with Crippen LogP contribution in [0.2, 0.25) is 0 Å². The molecule has 31 heavy (non-hydrogen) atoms. The van der Waals surface area contributed by atoms with Crippen molar-refractivity contribution >= 4 is 33.0 Å². The summed E-state index contributed by atoms with van der Waals surface area (Å²) in [6, 6.07) is 1.49. The average molecular weight is 462 g/mol. The van der Waals surface area contributed by atoms with E-state index in [-0.39, 0.29) is 15.8 Å². The van der Waals surface area contributed by atoms with Crippen LogP contribution in [0.25, 0.3) is 10.4 Å². The highest BCUT2D eigenvalue weighted by molar-refractivity contribution is 7.93. The van der Waals surface area contributed by atoms with Gasteiger partial charge in [-0.05, 0) is 73.2 Å². The van der Waals surface area contributed by atoms with Gasteiger partial charge in [0, 0.05) is 10.6 Å². The Morgan fingerprint density at radius 3 is 2.61 bits per heavy atom. The number of rotatable bonds is 5. The Kier molecular flexibility index (Phi) is 5.75. The fraction of sp³-hybridized carbons (Fsp3) is 0.474.